The monoisotopic (exact) mass is 406 g/mol. The van der Waals surface area contributed by atoms with Crippen molar-refractivity contribution in [3.8, 4) is 0 Å². The van der Waals surface area contributed by atoms with Crippen LogP contribution in [0, 0.1) is 6.92 Å². The molecule has 0 radical (unpaired) electrons. The molecule has 0 unspecified atom stereocenters. The van der Waals surface area contributed by atoms with Gasteiger partial charge in [-0.3, -0.25) is 9.98 Å². The Bertz CT molecular complexity index is 991. The van der Waals surface area contributed by atoms with Crippen molar-refractivity contribution >= 4 is 47.4 Å². The fourth-order valence-electron chi connectivity index (χ4n) is 2.79. The predicted molar refractivity (Wildman–Crippen MR) is 123 cm³/mol. The molecule has 0 bridgehead atoms. The van der Waals surface area contributed by atoms with E-state index >= 15 is 0 Å². The van der Waals surface area contributed by atoms with Gasteiger partial charge >= 0.3 is 0 Å². The number of thiazole rings is 1. The lowest BCUT2D eigenvalue weighted by molar-refractivity contribution is 0.929. The smallest absolute Gasteiger partial charge is 0.209 e. The number of hydrogen-bond acceptors (Lipinski definition) is 6. The largest absolute Gasteiger partial charge is 0.262 e. The highest BCUT2D eigenvalue weighted by Gasteiger charge is 2.05. The second-order valence-corrected chi connectivity index (χ2v) is 7.91. The normalized spacial score (nSPS) is 11.4. The Balaban J connectivity index is 1.60. The average molecular weight is 407 g/mol. The Labute approximate surface area is 174 Å². The molecule has 2 heterocycles. The number of rotatable bonds is 9. The van der Waals surface area contributed by atoms with Gasteiger partial charge in [0.15, 0.2) is 0 Å². The molecule has 0 aliphatic rings. The zero-order chi connectivity index (χ0) is 19.8. The number of benzene rings is 1. The summed E-state index contributed by atoms with van der Waals surface area (Å²) in [6, 6.07) is 12.9. The number of aliphatic imine (C=N–C) groups is 2. The molecule has 0 spiro atoms. The molecule has 0 saturated heterocycles. The Morgan fingerprint density at radius 3 is 2.79 bits per heavy atom. The molecule has 0 aliphatic carbocycles. The maximum atomic E-state index is 4.37. The van der Waals surface area contributed by atoms with Crippen LogP contribution in [-0.2, 0) is 18.6 Å². The lowest BCUT2D eigenvalue weighted by atomic mass is 10.0. The number of aryl methyl sites for hydroxylation is 3. The molecule has 1 aromatic carbocycles. The first-order valence-corrected chi connectivity index (χ1v) is 10.8. The van der Waals surface area contributed by atoms with Crippen molar-refractivity contribution < 1.29 is 0 Å². The van der Waals surface area contributed by atoms with E-state index in [1.807, 2.05) is 23.1 Å². The predicted octanol–water partition coefficient (Wildman–Crippen LogP) is 5.90. The van der Waals surface area contributed by atoms with E-state index in [2.05, 4.69) is 70.6 Å². The Hall–Kier alpha value is -2.57. The second kappa shape index (κ2) is 10.1. The van der Waals surface area contributed by atoms with Gasteiger partial charge in [0, 0.05) is 23.0 Å². The van der Waals surface area contributed by atoms with Crippen LogP contribution >= 0.6 is 23.1 Å². The summed E-state index contributed by atoms with van der Waals surface area (Å²) < 4.78 is 0. The second-order valence-electron chi connectivity index (χ2n) is 6.21. The van der Waals surface area contributed by atoms with Crippen LogP contribution in [0.3, 0.4) is 0 Å². The van der Waals surface area contributed by atoms with Gasteiger partial charge in [0.25, 0.3) is 0 Å². The van der Waals surface area contributed by atoms with E-state index in [1.54, 1.807) is 11.8 Å². The minimum absolute atomic E-state index is 0.645. The lowest BCUT2D eigenvalue weighted by Gasteiger charge is -2.07. The van der Waals surface area contributed by atoms with E-state index in [1.165, 1.54) is 28.0 Å². The first-order valence-electron chi connectivity index (χ1n) is 8.89. The molecule has 0 fully saturated rings. The standard InChI is InChI=1S/C22H22N4S2/c1-16-19(8-5-11-25-16)10-9-17-6-4-7-18(12-17)13-27-14-20(23-2)21-15-28-22(24-3)26-21/h4-8,11-12,14-15H,2-3,9-10,13H2,1H3/b20-14-. The quantitative estimate of drug-likeness (QED) is 0.416. The van der Waals surface area contributed by atoms with Crippen molar-refractivity contribution in [2.75, 3.05) is 0 Å². The SMILES string of the molecule is C=N/C(=C\SCc1cccc(CCc2cccnc2C)c1)c1csc(N=C)n1. The molecule has 3 rings (SSSR count). The number of nitrogens with zero attached hydrogens (tertiary/aromatic N) is 4. The molecule has 0 aliphatic heterocycles. The summed E-state index contributed by atoms with van der Waals surface area (Å²) in [7, 11) is 0. The Morgan fingerprint density at radius 1 is 1.18 bits per heavy atom. The maximum absolute atomic E-state index is 4.37. The number of hydrogen-bond donors (Lipinski definition) is 0. The fourth-order valence-corrected chi connectivity index (χ4v) is 4.21. The summed E-state index contributed by atoms with van der Waals surface area (Å²) in [6.45, 7) is 9.22. The summed E-state index contributed by atoms with van der Waals surface area (Å²) in [5.41, 5.74) is 6.60. The molecule has 0 atom stereocenters. The van der Waals surface area contributed by atoms with Gasteiger partial charge in [-0.25, -0.2) is 9.98 Å². The molecule has 0 N–H and O–H groups in total. The molecular weight excluding hydrogens is 384 g/mol. The van der Waals surface area contributed by atoms with Crippen LogP contribution < -0.4 is 0 Å². The zero-order valence-corrected chi connectivity index (χ0v) is 17.5. The van der Waals surface area contributed by atoms with Crippen LogP contribution in [0.4, 0.5) is 5.13 Å². The van der Waals surface area contributed by atoms with Crippen LogP contribution in [0.1, 0.15) is 28.1 Å². The minimum Gasteiger partial charge on any atom is -0.262 e. The maximum Gasteiger partial charge on any atom is 0.209 e. The van der Waals surface area contributed by atoms with Gasteiger partial charge in [-0.15, -0.1) is 23.1 Å². The van der Waals surface area contributed by atoms with Crippen molar-refractivity contribution in [1.29, 1.82) is 0 Å². The minimum atomic E-state index is 0.645. The number of thioether (sulfide) groups is 1. The summed E-state index contributed by atoms with van der Waals surface area (Å²) >= 11 is 3.14. The molecule has 4 nitrogen and oxygen atoms in total. The van der Waals surface area contributed by atoms with Gasteiger partial charge in [0.05, 0.1) is 5.70 Å². The molecule has 3 aromatic rings. The van der Waals surface area contributed by atoms with E-state index in [0.29, 0.717) is 5.13 Å². The number of pyridine rings is 1. The van der Waals surface area contributed by atoms with Crippen LogP contribution in [-0.4, -0.2) is 23.4 Å². The van der Waals surface area contributed by atoms with Crippen molar-refractivity contribution in [2.24, 2.45) is 9.98 Å². The molecule has 6 heteroatoms. The summed E-state index contributed by atoms with van der Waals surface area (Å²) in [5.74, 6) is 0.871. The number of aromatic nitrogens is 2. The van der Waals surface area contributed by atoms with Crippen LogP contribution in [0.5, 0.6) is 0 Å². The third-order valence-corrected chi connectivity index (χ3v) is 5.96. The van der Waals surface area contributed by atoms with E-state index in [9.17, 15) is 0 Å². The Morgan fingerprint density at radius 2 is 2.04 bits per heavy atom. The zero-order valence-electron chi connectivity index (χ0n) is 15.8. The van der Waals surface area contributed by atoms with Crippen molar-refractivity contribution in [1.82, 2.24) is 9.97 Å². The van der Waals surface area contributed by atoms with Gasteiger partial charge < -0.3 is 0 Å². The summed E-state index contributed by atoms with van der Waals surface area (Å²) in [6.07, 6.45) is 3.86. The first kappa shape index (κ1) is 20.2. The van der Waals surface area contributed by atoms with Crippen molar-refractivity contribution in [3.05, 3.63) is 81.5 Å². The lowest BCUT2D eigenvalue weighted by Crippen LogP contribution is -1.96. The van der Waals surface area contributed by atoms with Crippen LogP contribution in [0.25, 0.3) is 5.70 Å². The highest BCUT2D eigenvalue weighted by molar-refractivity contribution is 8.01. The topological polar surface area (TPSA) is 50.5 Å². The molecule has 28 heavy (non-hydrogen) atoms. The summed E-state index contributed by atoms with van der Waals surface area (Å²) in [4.78, 5) is 16.7. The molecular formula is C22H22N4S2. The van der Waals surface area contributed by atoms with Crippen molar-refractivity contribution in [3.63, 3.8) is 0 Å². The third-order valence-electron chi connectivity index (χ3n) is 4.30. The van der Waals surface area contributed by atoms with Gasteiger partial charge in [-0.05, 0) is 61.4 Å². The van der Waals surface area contributed by atoms with E-state index in [0.717, 1.165) is 35.7 Å². The average Bonchev–Trinajstić information content (AvgIpc) is 3.20. The first-order chi connectivity index (χ1) is 13.7. The highest BCUT2D eigenvalue weighted by Crippen LogP contribution is 2.27. The van der Waals surface area contributed by atoms with E-state index in [4.69, 9.17) is 0 Å². The highest BCUT2D eigenvalue weighted by atomic mass is 32.2. The van der Waals surface area contributed by atoms with Gasteiger partial charge in [-0.1, -0.05) is 30.3 Å². The van der Waals surface area contributed by atoms with Crippen molar-refractivity contribution in [2.45, 2.75) is 25.5 Å². The summed E-state index contributed by atoms with van der Waals surface area (Å²) in [5, 5.41) is 4.57. The molecule has 2 aromatic heterocycles. The van der Waals surface area contributed by atoms with Crippen LogP contribution in [0.15, 0.2) is 63.4 Å². The van der Waals surface area contributed by atoms with Gasteiger partial charge in [0.2, 0.25) is 5.13 Å². The van der Waals surface area contributed by atoms with Crippen LogP contribution in [0.2, 0.25) is 0 Å². The van der Waals surface area contributed by atoms with E-state index in [-0.39, 0.29) is 0 Å². The van der Waals surface area contributed by atoms with Gasteiger partial charge in [-0.2, -0.15) is 0 Å². The molecule has 0 saturated carbocycles. The molecule has 0 amide bonds. The molecule has 142 valence electrons. The third kappa shape index (κ3) is 5.47. The Kier molecular flexibility index (Phi) is 7.28. The fraction of sp³-hybridized carbons (Fsp3) is 0.182. The van der Waals surface area contributed by atoms with E-state index < -0.39 is 0 Å². The van der Waals surface area contributed by atoms with Gasteiger partial charge in [0.1, 0.15) is 5.69 Å².